The summed E-state index contributed by atoms with van der Waals surface area (Å²) >= 11 is 0.961. The standard InChI is InChI=1S/C14H16FN3O3S/c1-14(2,3)21-11(19)7-22-13-17-10-6-8(15)4-5-9(10)12(20)18(13)16/h4-6H,7,16H2,1-3H3. The molecule has 0 saturated carbocycles. The molecule has 0 saturated heterocycles. The molecule has 22 heavy (non-hydrogen) atoms. The van der Waals surface area contributed by atoms with E-state index in [4.69, 9.17) is 10.6 Å². The molecular formula is C14H16FN3O3S. The Morgan fingerprint density at radius 2 is 2.14 bits per heavy atom. The van der Waals surface area contributed by atoms with Crippen molar-refractivity contribution < 1.29 is 13.9 Å². The highest BCUT2D eigenvalue weighted by Gasteiger charge is 2.18. The van der Waals surface area contributed by atoms with Crippen LogP contribution in [0.4, 0.5) is 4.39 Å². The van der Waals surface area contributed by atoms with Gasteiger partial charge in [0.05, 0.1) is 16.7 Å². The first-order valence-electron chi connectivity index (χ1n) is 6.49. The molecule has 0 fully saturated rings. The first-order chi connectivity index (χ1) is 10.2. The van der Waals surface area contributed by atoms with Crippen LogP contribution in [0.3, 0.4) is 0 Å². The lowest BCUT2D eigenvalue weighted by molar-refractivity contribution is -0.151. The van der Waals surface area contributed by atoms with Crippen LogP contribution in [0.15, 0.2) is 28.2 Å². The lowest BCUT2D eigenvalue weighted by Gasteiger charge is -2.19. The van der Waals surface area contributed by atoms with Crippen LogP contribution in [0.1, 0.15) is 20.8 Å². The van der Waals surface area contributed by atoms with Gasteiger partial charge in [0.1, 0.15) is 11.4 Å². The fourth-order valence-corrected chi connectivity index (χ4v) is 2.44. The Labute approximate surface area is 130 Å². The molecule has 0 aliphatic carbocycles. The molecule has 0 amide bonds. The van der Waals surface area contributed by atoms with Gasteiger partial charge in [0, 0.05) is 6.07 Å². The number of nitrogen functional groups attached to an aromatic ring is 1. The van der Waals surface area contributed by atoms with E-state index in [1.165, 1.54) is 12.1 Å². The van der Waals surface area contributed by atoms with Gasteiger partial charge in [-0.15, -0.1) is 0 Å². The van der Waals surface area contributed by atoms with Gasteiger partial charge in [0.25, 0.3) is 5.56 Å². The maximum atomic E-state index is 13.2. The zero-order valence-corrected chi connectivity index (χ0v) is 13.2. The van der Waals surface area contributed by atoms with Gasteiger partial charge in [-0.05, 0) is 32.9 Å². The van der Waals surface area contributed by atoms with Crippen molar-refractivity contribution in [2.24, 2.45) is 0 Å². The van der Waals surface area contributed by atoms with Gasteiger partial charge in [-0.25, -0.2) is 14.1 Å². The van der Waals surface area contributed by atoms with Gasteiger partial charge in [-0.3, -0.25) is 9.59 Å². The van der Waals surface area contributed by atoms with Crippen molar-refractivity contribution in [3.63, 3.8) is 0 Å². The highest BCUT2D eigenvalue weighted by atomic mass is 32.2. The summed E-state index contributed by atoms with van der Waals surface area (Å²) in [5.74, 6) is 4.67. The van der Waals surface area contributed by atoms with E-state index in [0.29, 0.717) is 0 Å². The highest BCUT2D eigenvalue weighted by molar-refractivity contribution is 7.99. The number of benzene rings is 1. The molecule has 2 N–H and O–H groups in total. The average Bonchev–Trinajstić information content (AvgIpc) is 2.39. The quantitative estimate of drug-likeness (QED) is 0.400. The molecular weight excluding hydrogens is 309 g/mol. The van der Waals surface area contributed by atoms with Crippen LogP contribution >= 0.6 is 11.8 Å². The van der Waals surface area contributed by atoms with Crippen molar-refractivity contribution in [3.8, 4) is 0 Å². The number of hydrogen-bond acceptors (Lipinski definition) is 6. The van der Waals surface area contributed by atoms with Gasteiger partial charge >= 0.3 is 5.97 Å². The SMILES string of the molecule is CC(C)(C)OC(=O)CSc1nc2cc(F)ccc2c(=O)n1N. The molecule has 8 heteroatoms. The summed E-state index contributed by atoms with van der Waals surface area (Å²) in [4.78, 5) is 27.9. The third kappa shape index (κ3) is 3.76. The van der Waals surface area contributed by atoms with Crippen molar-refractivity contribution in [3.05, 3.63) is 34.4 Å². The molecule has 6 nitrogen and oxygen atoms in total. The van der Waals surface area contributed by atoms with Crippen LogP contribution in [-0.2, 0) is 9.53 Å². The van der Waals surface area contributed by atoms with Gasteiger partial charge < -0.3 is 10.6 Å². The molecule has 1 aromatic heterocycles. The number of fused-ring (bicyclic) bond motifs is 1. The number of esters is 1. The van der Waals surface area contributed by atoms with E-state index in [1.54, 1.807) is 20.8 Å². The van der Waals surface area contributed by atoms with Gasteiger partial charge in [-0.2, -0.15) is 0 Å². The minimum Gasteiger partial charge on any atom is -0.459 e. The lowest BCUT2D eigenvalue weighted by atomic mass is 10.2. The zero-order chi connectivity index (χ0) is 16.5. The summed E-state index contributed by atoms with van der Waals surface area (Å²) in [5, 5.41) is 0.333. The number of ether oxygens (including phenoxy) is 1. The van der Waals surface area contributed by atoms with Crippen molar-refractivity contribution in [2.45, 2.75) is 31.5 Å². The molecule has 0 radical (unpaired) electrons. The molecule has 0 unspecified atom stereocenters. The van der Waals surface area contributed by atoms with E-state index >= 15 is 0 Å². The fraction of sp³-hybridized carbons (Fsp3) is 0.357. The number of hydrogen-bond donors (Lipinski definition) is 1. The number of nitrogens with two attached hydrogens (primary N) is 1. The smallest absolute Gasteiger partial charge is 0.316 e. The van der Waals surface area contributed by atoms with Gasteiger partial charge in [-0.1, -0.05) is 11.8 Å². The van der Waals surface area contributed by atoms with Crippen LogP contribution in [0, 0.1) is 5.82 Å². The Kier molecular flexibility index (Phi) is 4.41. The number of halogens is 1. The number of rotatable bonds is 3. The summed E-state index contributed by atoms with van der Waals surface area (Å²) in [6.45, 7) is 5.27. The van der Waals surface area contributed by atoms with Crippen molar-refractivity contribution in [2.75, 3.05) is 11.6 Å². The Morgan fingerprint density at radius 3 is 2.77 bits per heavy atom. The third-order valence-electron chi connectivity index (χ3n) is 2.57. The average molecular weight is 325 g/mol. The lowest BCUT2D eigenvalue weighted by Crippen LogP contribution is -2.30. The third-order valence-corrected chi connectivity index (χ3v) is 3.50. The van der Waals surface area contributed by atoms with Crippen LogP contribution in [0.25, 0.3) is 10.9 Å². The number of aromatic nitrogens is 2. The van der Waals surface area contributed by atoms with Crippen LogP contribution in [-0.4, -0.2) is 27.0 Å². The summed E-state index contributed by atoms with van der Waals surface area (Å²) < 4.78 is 19.2. The number of thioether (sulfide) groups is 1. The Balaban J connectivity index is 2.26. The second kappa shape index (κ2) is 5.96. The van der Waals surface area contributed by atoms with Crippen LogP contribution < -0.4 is 11.4 Å². The zero-order valence-electron chi connectivity index (χ0n) is 12.4. The van der Waals surface area contributed by atoms with Crippen molar-refractivity contribution in [1.29, 1.82) is 0 Å². The molecule has 1 heterocycles. The van der Waals surface area contributed by atoms with E-state index in [0.717, 1.165) is 22.5 Å². The van der Waals surface area contributed by atoms with Crippen molar-refractivity contribution >= 4 is 28.6 Å². The van der Waals surface area contributed by atoms with Crippen molar-refractivity contribution in [1.82, 2.24) is 9.66 Å². The molecule has 0 bridgehead atoms. The topological polar surface area (TPSA) is 87.2 Å². The second-order valence-corrected chi connectivity index (χ2v) is 6.55. The number of carbonyl (C=O) groups excluding carboxylic acids is 1. The number of nitrogens with zero attached hydrogens (tertiary/aromatic N) is 2. The van der Waals surface area contributed by atoms with Gasteiger partial charge in [0.2, 0.25) is 0 Å². The first-order valence-corrected chi connectivity index (χ1v) is 7.48. The molecule has 2 rings (SSSR count). The maximum absolute atomic E-state index is 13.2. The molecule has 0 aliphatic rings. The Bertz CT molecular complexity index is 783. The van der Waals surface area contributed by atoms with E-state index < -0.39 is 22.9 Å². The first kappa shape index (κ1) is 16.3. The molecule has 2 aromatic rings. The summed E-state index contributed by atoms with van der Waals surface area (Å²) in [6.07, 6.45) is 0. The highest BCUT2D eigenvalue weighted by Crippen LogP contribution is 2.18. The molecule has 0 atom stereocenters. The van der Waals surface area contributed by atoms with E-state index in [1.807, 2.05) is 0 Å². The Morgan fingerprint density at radius 1 is 1.45 bits per heavy atom. The van der Waals surface area contributed by atoms with Gasteiger partial charge in [0.15, 0.2) is 5.16 Å². The second-order valence-electron chi connectivity index (χ2n) is 5.61. The normalized spacial score (nSPS) is 11.6. The minimum absolute atomic E-state index is 0.0538. The minimum atomic E-state index is -0.597. The molecule has 1 aromatic carbocycles. The van der Waals surface area contributed by atoms with Crippen LogP contribution in [0.2, 0.25) is 0 Å². The maximum Gasteiger partial charge on any atom is 0.316 e. The molecule has 0 aliphatic heterocycles. The fourth-order valence-electron chi connectivity index (χ4n) is 1.75. The van der Waals surface area contributed by atoms with E-state index in [-0.39, 0.29) is 21.8 Å². The summed E-state index contributed by atoms with van der Waals surface area (Å²) in [6, 6.07) is 3.64. The summed E-state index contributed by atoms with van der Waals surface area (Å²) in [7, 11) is 0. The summed E-state index contributed by atoms with van der Waals surface area (Å²) in [5.41, 5.74) is -0.907. The van der Waals surface area contributed by atoms with Crippen LogP contribution in [0.5, 0.6) is 0 Å². The predicted octanol–water partition coefficient (Wildman–Crippen LogP) is 1.68. The number of carbonyl (C=O) groups is 1. The monoisotopic (exact) mass is 325 g/mol. The largest absolute Gasteiger partial charge is 0.459 e. The molecule has 0 spiro atoms. The Hall–Kier alpha value is -2.09. The van der Waals surface area contributed by atoms with E-state index in [2.05, 4.69) is 4.98 Å². The van der Waals surface area contributed by atoms with E-state index in [9.17, 15) is 14.0 Å². The molecule has 118 valence electrons. The predicted molar refractivity (Wildman–Crippen MR) is 82.7 cm³/mol.